The number of halogens is 2. The number of amides is 1. The lowest BCUT2D eigenvalue weighted by molar-refractivity contribution is -0.128. The number of carbonyl (C=O) groups is 1. The predicted molar refractivity (Wildman–Crippen MR) is 79.9 cm³/mol. The second kappa shape index (κ2) is 5.73. The summed E-state index contributed by atoms with van der Waals surface area (Å²) in [4.78, 5) is 11.6. The molecule has 0 saturated carbocycles. The molecule has 0 aliphatic rings. The molecule has 0 radical (unpaired) electrons. The summed E-state index contributed by atoms with van der Waals surface area (Å²) < 4.78 is 13.9. The van der Waals surface area contributed by atoms with Crippen LogP contribution in [-0.2, 0) is 4.79 Å². The molecule has 1 aromatic carbocycles. The van der Waals surface area contributed by atoms with Crippen LogP contribution in [0, 0.1) is 14.8 Å². The molecular formula is C12H17FIN3O. The summed E-state index contributed by atoms with van der Waals surface area (Å²) >= 11 is 1.88. The van der Waals surface area contributed by atoms with E-state index in [1.807, 2.05) is 22.6 Å². The molecule has 4 N–H and O–H groups in total. The van der Waals surface area contributed by atoms with Crippen LogP contribution in [0.25, 0.3) is 0 Å². The van der Waals surface area contributed by atoms with Crippen molar-refractivity contribution in [2.75, 3.05) is 24.6 Å². The van der Waals surface area contributed by atoms with Crippen molar-refractivity contribution in [3.8, 4) is 0 Å². The zero-order valence-electron chi connectivity index (χ0n) is 10.6. The van der Waals surface area contributed by atoms with Gasteiger partial charge in [-0.2, -0.15) is 0 Å². The van der Waals surface area contributed by atoms with Gasteiger partial charge in [-0.05, 0) is 42.5 Å². The Morgan fingerprint density at radius 2 is 2.11 bits per heavy atom. The highest BCUT2D eigenvalue weighted by atomic mass is 127. The summed E-state index contributed by atoms with van der Waals surface area (Å²) in [5, 5.41) is 5.60. The Labute approximate surface area is 120 Å². The van der Waals surface area contributed by atoms with Crippen molar-refractivity contribution in [1.29, 1.82) is 0 Å². The highest BCUT2D eigenvalue weighted by molar-refractivity contribution is 14.1. The van der Waals surface area contributed by atoms with Gasteiger partial charge in [0.1, 0.15) is 5.82 Å². The van der Waals surface area contributed by atoms with Crippen LogP contribution in [0.2, 0.25) is 0 Å². The molecule has 0 unspecified atom stereocenters. The molecule has 1 aromatic rings. The molecule has 0 saturated heterocycles. The lowest BCUT2D eigenvalue weighted by atomic mass is 9.92. The lowest BCUT2D eigenvalue weighted by Crippen LogP contribution is -2.39. The monoisotopic (exact) mass is 365 g/mol. The van der Waals surface area contributed by atoms with Gasteiger partial charge in [0.15, 0.2) is 0 Å². The SMILES string of the molecule is CNC(=O)C(C)(C)CNc1cc(F)c(I)cc1N. The van der Waals surface area contributed by atoms with Crippen molar-refractivity contribution in [3.05, 3.63) is 21.5 Å². The average Bonchev–Trinajstić information content (AvgIpc) is 2.31. The molecular weight excluding hydrogens is 348 g/mol. The van der Waals surface area contributed by atoms with Gasteiger partial charge in [-0.15, -0.1) is 0 Å². The van der Waals surface area contributed by atoms with Crippen LogP contribution >= 0.6 is 22.6 Å². The number of hydrogen-bond donors (Lipinski definition) is 3. The molecule has 18 heavy (non-hydrogen) atoms. The van der Waals surface area contributed by atoms with E-state index >= 15 is 0 Å². The number of hydrogen-bond acceptors (Lipinski definition) is 3. The van der Waals surface area contributed by atoms with Gasteiger partial charge in [-0.25, -0.2) is 4.39 Å². The van der Waals surface area contributed by atoms with Crippen LogP contribution in [0.3, 0.4) is 0 Å². The highest BCUT2D eigenvalue weighted by Crippen LogP contribution is 2.25. The van der Waals surface area contributed by atoms with E-state index in [1.54, 1.807) is 27.0 Å². The number of benzene rings is 1. The molecule has 0 bridgehead atoms. The first-order valence-electron chi connectivity index (χ1n) is 5.48. The van der Waals surface area contributed by atoms with Gasteiger partial charge in [0.2, 0.25) is 5.91 Å². The Kier molecular flexibility index (Phi) is 4.78. The van der Waals surface area contributed by atoms with E-state index < -0.39 is 5.41 Å². The molecule has 0 aliphatic carbocycles. The molecule has 0 fully saturated rings. The quantitative estimate of drug-likeness (QED) is 0.566. The Hall–Kier alpha value is -1.05. The molecule has 0 heterocycles. The zero-order valence-corrected chi connectivity index (χ0v) is 12.8. The first-order valence-corrected chi connectivity index (χ1v) is 6.56. The van der Waals surface area contributed by atoms with E-state index in [9.17, 15) is 9.18 Å². The van der Waals surface area contributed by atoms with Crippen LogP contribution < -0.4 is 16.4 Å². The van der Waals surface area contributed by atoms with E-state index in [0.717, 1.165) is 0 Å². The van der Waals surface area contributed by atoms with Crippen molar-refractivity contribution in [2.24, 2.45) is 5.41 Å². The largest absolute Gasteiger partial charge is 0.397 e. The maximum absolute atomic E-state index is 13.4. The summed E-state index contributed by atoms with van der Waals surface area (Å²) in [6.07, 6.45) is 0. The number of nitrogens with one attached hydrogen (secondary N) is 2. The van der Waals surface area contributed by atoms with Crippen molar-refractivity contribution in [3.63, 3.8) is 0 Å². The van der Waals surface area contributed by atoms with E-state index in [1.165, 1.54) is 6.07 Å². The molecule has 100 valence electrons. The molecule has 6 heteroatoms. The van der Waals surface area contributed by atoms with E-state index in [4.69, 9.17) is 5.73 Å². The van der Waals surface area contributed by atoms with E-state index in [2.05, 4.69) is 10.6 Å². The van der Waals surface area contributed by atoms with E-state index in [-0.39, 0.29) is 11.7 Å². The number of nitrogens with two attached hydrogens (primary N) is 1. The average molecular weight is 365 g/mol. The molecule has 4 nitrogen and oxygen atoms in total. The van der Waals surface area contributed by atoms with Crippen molar-refractivity contribution < 1.29 is 9.18 Å². The molecule has 0 spiro atoms. The maximum Gasteiger partial charge on any atom is 0.227 e. The second-order valence-electron chi connectivity index (χ2n) is 4.67. The number of carbonyl (C=O) groups excluding carboxylic acids is 1. The fourth-order valence-corrected chi connectivity index (χ4v) is 1.94. The predicted octanol–water partition coefficient (Wildman–Crippen LogP) is 2.20. The fourth-order valence-electron chi connectivity index (χ4n) is 1.45. The normalized spacial score (nSPS) is 11.2. The summed E-state index contributed by atoms with van der Waals surface area (Å²) in [6.45, 7) is 3.98. The van der Waals surface area contributed by atoms with Crippen LogP contribution in [0.1, 0.15) is 13.8 Å². The highest BCUT2D eigenvalue weighted by Gasteiger charge is 2.26. The standard InChI is InChI=1S/C12H17FIN3O/c1-12(2,11(18)16-3)6-17-10-4-7(13)8(14)5-9(10)15/h4-5,17H,6,15H2,1-3H3,(H,16,18). The third-order valence-corrected chi connectivity index (χ3v) is 3.48. The minimum Gasteiger partial charge on any atom is -0.397 e. The number of rotatable bonds is 4. The van der Waals surface area contributed by atoms with Crippen molar-refractivity contribution in [2.45, 2.75) is 13.8 Å². The number of nitrogen functional groups attached to an aromatic ring is 1. The minimum absolute atomic E-state index is 0.0837. The van der Waals surface area contributed by atoms with Gasteiger partial charge < -0.3 is 16.4 Å². The van der Waals surface area contributed by atoms with Crippen LogP contribution in [0.15, 0.2) is 12.1 Å². The first-order chi connectivity index (χ1) is 8.27. The van der Waals surface area contributed by atoms with Gasteiger partial charge in [0.05, 0.1) is 20.4 Å². The Balaban J connectivity index is 2.81. The summed E-state index contributed by atoms with van der Waals surface area (Å²) in [6, 6.07) is 2.90. The lowest BCUT2D eigenvalue weighted by Gasteiger charge is -2.24. The Morgan fingerprint density at radius 3 is 2.67 bits per heavy atom. The topological polar surface area (TPSA) is 67.2 Å². The first kappa shape index (κ1) is 15.0. The Bertz CT molecular complexity index is 463. The van der Waals surface area contributed by atoms with Gasteiger partial charge in [0, 0.05) is 19.7 Å². The van der Waals surface area contributed by atoms with Gasteiger partial charge in [-0.3, -0.25) is 4.79 Å². The third-order valence-electron chi connectivity index (χ3n) is 2.65. The van der Waals surface area contributed by atoms with Crippen LogP contribution in [-0.4, -0.2) is 19.5 Å². The smallest absolute Gasteiger partial charge is 0.227 e. The second-order valence-corrected chi connectivity index (χ2v) is 5.83. The fraction of sp³-hybridized carbons (Fsp3) is 0.417. The number of anilines is 2. The minimum atomic E-state index is -0.597. The van der Waals surface area contributed by atoms with E-state index in [0.29, 0.717) is 21.5 Å². The molecule has 0 aromatic heterocycles. The maximum atomic E-state index is 13.4. The summed E-state index contributed by atoms with van der Waals surface area (Å²) in [7, 11) is 1.59. The van der Waals surface area contributed by atoms with Crippen LogP contribution in [0.5, 0.6) is 0 Å². The molecule has 0 atom stereocenters. The third kappa shape index (κ3) is 3.47. The molecule has 1 rings (SSSR count). The van der Waals surface area contributed by atoms with Crippen LogP contribution in [0.4, 0.5) is 15.8 Å². The van der Waals surface area contributed by atoms with Gasteiger partial charge in [0.25, 0.3) is 0 Å². The molecule has 1 amide bonds. The summed E-state index contributed by atoms with van der Waals surface area (Å²) in [5.74, 6) is -0.412. The van der Waals surface area contributed by atoms with Crippen molar-refractivity contribution in [1.82, 2.24) is 5.32 Å². The Morgan fingerprint density at radius 1 is 1.50 bits per heavy atom. The summed E-state index contributed by atoms with van der Waals surface area (Å²) in [5.41, 5.74) is 6.17. The zero-order chi connectivity index (χ0) is 13.9. The van der Waals surface area contributed by atoms with Gasteiger partial charge >= 0.3 is 0 Å². The van der Waals surface area contributed by atoms with Gasteiger partial charge in [-0.1, -0.05) is 0 Å². The molecule has 0 aliphatic heterocycles. The van der Waals surface area contributed by atoms with Crippen molar-refractivity contribution >= 4 is 39.9 Å².